The normalized spacial score (nSPS) is 10.7. The topological polar surface area (TPSA) is 46.3 Å². The first-order valence-corrected chi connectivity index (χ1v) is 9.23. The number of unbranched alkanes of at least 4 members (excludes halogenated alkanes) is 1. The van der Waals surface area contributed by atoms with Crippen LogP contribution in [0.5, 0.6) is 0 Å². The van der Waals surface area contributed by atoms with Gasteiger partial charge >= 0.3 is 0 Å². The molecule has 1 amide bonds. The van der Waals surface area contributed by atoms with E-state index in [0.717, 1.165) is 24.1 Å². The molecule has 3 rings (SSSR count). The molecule has 0 bridgehead atoms. The zero-order valence-electron chi connectivity index (χ0n) is 15.4. The minimum absolute atomic E-state index is 0.0520. The van der Waals surface area contributed by atoms with Gasteiger partial charge in [0.25, 0.3) is 0 Å². The lowest BCUT2D eigenvalue weighted by atomic mass is 10.2. The van der Waals surface area contributed by atoms with E-state index in [1.165, 1.54) is 12.1 Å². The summed E-state index contributed by atoms with van der Waals surface area (Å²) in [5, 5.41) is 0. The number of nitrogens with zero attached hydrogens (tertiary/aromatic N) is 2. The maximum Gasteiger partial charge on any atom is 0.227 e. The van der Waals surface area contributed by atoms with Crippen LogP contribution >= 0.6 is 0 Å². The van der Waals surface area contributed by atoms with Gasteiger partial charge in [-0.2, -0.15) is 0 Å². The van der Waals surface area contributed by atoms with Crippen LogP contribution in [0.15, 0.2) is 65.2 Å². The summed E-state index contributed by atoms with van der Waals surface area (Å²) in [5.41, 5.74) is 1.67. The van der Waals surface area contributed by atoms with E-state index in [4.69, 9.17) is 4.42 Å². The Bertz CT molecular complexity index is 860. The first kappa shape index (κ1) is 18.8. The van der Waals surface area contributed by atoms with Crippen molar-refractivity contribution in [1.82, 2.24) is 4.98 Å². The van der Waals surface area contributed by atoms with E-state index in [1.54, 1.807) is 18.3 Å². The third kappa shape index (κ3) is 5.03. The molecule has 140 valence electrons. The van der Waals surface area contributed by atoms with Crippen LogP contribution in [0.3, 0.4) is 0 Å². The van der Waals surface area contributed by atoms with Crippen LogP contribution in [0, 0.1) is 5.82 Å². The summed E-state index contributed by atoms with van der Waals surface area (Å²) < 4.78 is 18.8. The third-order valence-electron chi connectivity index (χ3n) is 4.34. The van der Waals surface area contributed by atoms with Crippen LogP contribution in [0.4, 0.5) is 10.1 Å². The molecule has 0 N–H and O–H groups in total. The highest BCUT2D eigenvalue weighted by Gasteiger charge is 2.16. The predicted octanol–water partition coefficient (Wildman–Crippen LogP) is 5.25. The number of carbonyl (C=O) groups is 1. The lowest BCUT2D eigenvalue weighted by Gasteiger charge is -2.22. The Morgan fingerprint density at radius 1 is 1.11 bits per heavy atom. The van der Waals surface area contributed by atoms with Gasteiger partial charge in [-0.1, -0.05) is 31.5 Å². The Morgan fingerprint density at radius 3 is 2.56 bits per heavy atom. The Hall–Kier alpha value is -2.95. The molecule has 0 saturated heterocycles. The van der Waals surface area contributed by atoms with E-state index < -0.39 is 0 Å². The van der Waals surface area contributed by atoms with Gasteiger partial charge in [0.05, 0.1) is 6.20 Å². The molecule has 0 spiro atoms. The zero-order chi connectivity index (χ0) is 19.1. The van der Waals surface area contributed by atoms with Crippen LogP contribution in [0.25, 0.3) is 11.3 Å². The molecule has 0 radical (unpaired) electrons. The molecule has 2 aromatic carbocycles. The van der Waals surface area contributed by atoms with Crippen LogP contribution in [-0.4, -0.2) is 17.4 Å². The fourth-order valence-corrected chi connectivity index (χ4v) is 2.84. The number of anilines is 1. The molecular formula is C22H23FN2O2. The second-order valence-corrected chi connectivity index (χ2v) is 6.36. The maximum absolute atomic E-state index is 13.0. The number of aromatic nitrogens is 1. The second-order valence-electron chi connectivity index (χ2n) is 6.36. The molecular weight excluding hydrogens is 343 g/mol. The number of rotatable bonds is 8. The Morgan fingerprint density at radius 2 is 1.85 bits per heavy atom. The Balaban J connectivity index is 1.64. The third-order valence-corrected chi connectivity index (χ3v) is 4.34. The fraction of sp³-hybridized carbons (Fsp3) is 0.273. The average Bonchev–Trinajstić information content (AvgIpc) is 3.17. The number of aryl methyl sites for hydroxylation is 1. The van der Waals surface area contributed by atoms with Gasteiger partial charge in [-0.25, -0.2) is 9.37 Å². The Kier molecular flexibility index (Phi) is 6.36. The summed E-state index contributed by atoms with van der Waals surface area (Å²) >= 11 is 0. The van der Waals surface area contributed by atoms with Crippen molar-refractivity contribution in [1.29, 1.82) is 0 Å². The highest BCUT2D eigenvalue weighted by molar-refractivity contribution is 5.93. The molecule has 0 aliphatic rings. The molecule has 0 aliphatic carbocycles. The van der Waals surface area contributed by atoms with Crippen molar-refractivity contribution in [3.05, 3.63) is 72.5 Å². The van der Waals surface area contributed by atoms with Gasteiger partial charge in [-0.3, -0.25) is 4.79 Å². The SMILES string of the molecule is CCCCN(C(=O)CCc1ncc(-c2ccc(F)cc2)o1)c1ccccc1. The summed E-state index contributed by atoms with van der Waals surface area (Å²) in [4.78, 5) is 18.8. The minimum Gasteiger partial charge on any atom is -0.441 e. The van der Waals surface area contributed by atoms with Crippen LogP contribution < -0.4 is 4.90 Å². The number of hydrogen-bond acceptors (Lipinski definition) is 3. The number of hydrogen-bond donors (Lipinski definition) is 0. The van der Waals surface area contributed by atoms with E-state index in [0.29, 0.717) is 31.0 Å². The largest absolute Gasteiger partial charge is 0.441 e. The van der Waals surface area contributed by atoms with Gasteiger partial charge in [-0.15, -0.1) is 0 Å². The molecule has 1 aromatic heterocycles. The van der Waals surface area contributed by atoms with E-state index in [2.05, 4.69) is 11.9 Å². The molecule has 27 heavy (non-hydrogen) atoms. The first-order valence-electron chi connectivity index (χ1n) is 9.23. The highest BCUT2D eigenvalue weighted by atomic mass is 19.1. The van der Waals surface area contributed by atoms with Gasteiger partial charge in [0.15, 0.2) is 11.7 Å². The van der Waals surface area contributed by atoms with Gasteiger partial charge < -0.3 is 9.32 Å². The van der Waals surface area contributed by atoms with Crippen LogP contribution in [0.2, 0.25) is 0 Å². The maximum atomic E-state index is 13.0. The van der Waals surface area contributed by atoms with Crippen molar-refractivity contribution in [3.63, 3.8) is 0 Å². The van der Waals surface area contributed by atoms with Gasteiger partial charge in [-0.05, 0) is 42.8 Å². The molecule has 0 aliphatic heterocycles. The van der Waals surface area contributed by atoms with Crippen molar-refractivity contribution < 1.29 is 13.6 Å². The highest BCUT2D eigenvalue weighted by Crippen LogP contribution is 2.22. The van der Waals surface area contributed by atoms with Gasteiger partial charge in [0.1, 0.15) is 5.82 Å². The number of carbonyl (C=O) groups excluding carboxylic acids is 1. The molecule has 0 atom stereocenters. The molecule has 0 unspecified atom stereocenters. The molecule has 5 heteroatoms. The molecule has 1 heterocycles. The summed E-state index contributed by atoms with van der Waals surface area (Å²) in [5.74, 6) is 0.836. The van der Waals surface area contributed by atoms with E-state index >= 15 is 0 Å². The Labute approximate surface area is 158 Å². The van der Waals surface area contributed by atoms with Crippen LogP contribution in [0.1, 0.15) is 32.1 Å². The lowest BCUT2D eigenvalue weighted by Crippen LogP contribution is -2.32. The molecule has 3 aromatic rings. The van der Waals surface area contributed by atoms with Gasteiger partial charge in [0.2, 0.25) is 5.91 Å². The molecule has 0 fully saturated rings. The van der Waals surface area contributed by atoms with E-state index in [-0.39, 0.29) is 11.7 Å². The molecule has 0 saturated carbocycles. The quantitative estimate of drug-likeness (QED) is 0.547. The van der Waals surface area contributed by atoms with E-state index in [9.17, 15) is 9.18 Å². The van der Waals surface area contributed by atoms with Crippen molar-refractivity contribution in [2.45, 2.75) is 32.6 Å². The van der Waals surface area contributed by atoms with E-state index in [1.807, 2.05) is 35.2 Å². The van der Waals surface area contributed by atoms with Crippen LogP contribution in [-0.2, 0) is 11.2 Å². The monoisotopic (exact) mass is 366 g/mol. The van der Waals surface area contributed by atoms with Crippen molar-refractivity contribution in [3.8, 4) is 11.3 Å². The summed E-state index contributed by atoms with van der Waals surface area (Å²) in [7, 11) is 0. The average molecular weight is 366 g/mol. The predicted molar refractivity (Wildman–Crippen MR) is 104 cm³/mol. The number of para-hydroxylation sites is 1. The van der Waals surface area contributed by atoms with Crippen molar-refractivity contribution >= 4 is 11.6 Å². The zero-order valence-corrected chi connectivity index (χ0v) is 15.4. The summed E-state index contributed by atoms with van der Waals surface area (Å²) in [6.45, 7) is 2.81. The fourth-order valence-electron chi connectivity index (χ4n) is 2.84. The first-order chi connectivity index (χ1) is 13.2. The standard InChI is InChI=1S/C22H23FN2O2/c1-2-3-15-25(19-7-5-4-6-8-19)22(26)14-13-21-24-16-20(27-21)17-9-11-18(23)12-10-17/h4-12,16H,2-3,13-15H2,1H3. The summed E-state index contributed by atoms with van der Waals surface area (Å²) in [6.07, 6.45) is 4.34. The van der Waals surface area contributed by atoms with Crippen molar-refractivity contribution in [2.24, 2.45) is 0 Å². The molecule has 4 nitrogen and oxygen atoms in total. The smallest absolute Gasteiger partial charge is 0.227 e. The number of amides is 1. The number of benzene rings is 2. The number of oxazole rings is 1. The minimum atomic E-state index is -0.294. The van der Waals surface area contributed by atoms with Crippen molar-refractivity contribution in [2.75, 3.05) is 11.4 Å². The summed E-state index contributed by atoms with van der Waals surface area (Å²) in [6, 6.07) is 15.8. The second kappa shape index (κ2) is 9.12. The van der Waals surface area contributed by atoms with Gasteiger partial charge in [0, 0.05) is 30.6 Å². The lowest BCUT2D eigenvalue weighted by molar-refractivity contribution is -0.118. The number of halogens is 1.